The zero-order valence-corrected chi connectivity index (χ0v) is 13.8. The number of rotatable bonds is 4. The summed E-state index contributed by atoms with van der Waals surface area (Å²) in [6.45, 7) is 0.101. The van der Waals surface area contributed by atoms with Crippen LogP contribution in [0.1, 0.15) is 23.6 Å². The highest BCUT2D eigenvalue weighted by molar-refractivity contribution is 5.79. The molecular formula is C19H19F2NO3. The molecule has 0 bridgehead atoms. The van der Waals surface area contributed by atoms with Crippen LogP contribution in [-0.4, -0.2) is 35.7 Å². The van der Waals surface area contributed by atoms with E-state index in [2.05, 4.69) is 0 Å². The number of ether oxygens (including phenoxy) is 1. The van der Waals surface area contributed by atoms with Gasteiger partial charge in [0.05, 0.1) is 25.7 Å². The van der Waals surface area contributed by atoms with Crippen molar-refractivity contribution in [1.82, 2.24) is 4.90 Å². The molecule has 0 radical (unpaired) electrons. The van der Waals surface area contributed by atoms with Crippen molar-refractivity contribution in [3.63, 3.8) is 0 Å². The van der Waals surface area contributed by atoms with Crippen molar-refractivity contribution in [2.75, 3.05) is 13.7 Å². The Morgan fingerprint density at radius 3 is 2.84 bits per heavy atom. The summed E-state index contributed by atoms with van der Waals surface area (Å²) in [5.41, 5.74) is 0.847. The fourth-order valence-electron chi connectivity index (χ4n) is 3.21. The summed E-state index contributed by atoms with van der Waals surface area (Å²) in [6.07, 6.45) is -0.483. The van der Waals surface area contributed by atoms with Crippen LogP contribution in [0.5, 0.6) is 5.75 Å². The molecule has 1 aliphatic heterocycles. The van der Waals surface area contributed by atoms with Gasteiger partial charge < -0.3 is 14.7 Å². The summed E-state index contributed by atoms with van der Waals surface area (Å²) in [4.78, 5) is 14.1. The number of methoxy groups -OCH3 is 1. The third kappa shape index (κ3) is 3.79. The van der Waals surface area contributed by atoms with E-state index in [1.165, 1.54) is 4.90 Å². The summed E-state index contributed by atoms with van der Waals surface area (Å²) < 4.78 is 32.8. The molecule has 2 aromatic carbocycles. The molecule has 1 amide bonds. The number of hydrogen-bond donors (Lipinski definition) is 1. The Hall–Kier alpha value is -2.47. The largest absolute Gasteiger partial charge is 0.497 e. The molecule has 1 heterocycles. The fourth-order valence-corrected chi connectivity index (χ4v) is 3.21. The van der Waals surface area contributed by atoms with Crippen molar-refractivity contribution in [1.29, 1.82) is 0 Å². The lowest BCUT2D eigenvalue weighted by Gasteiger charge is -2.25. The van der Waals surface area contributed by atoms with Gasteiger partial charge in [0, 0.05) is 12.1 Å². The van der Waals surface area contributed by atoms with Crippen molar-refractivity contribution >= 4 is 5.91 Å². The molecule has 6 heteroatoms. The molecule has 0 spiro atoms. The van der Waals surface area contributed by atoms with E-state index >= 15 is 0 Å². The fraction of sp³-hybridized carbons (Fsp3) is 0.316. The summed E-state index contributed by atoms with van der Waals surface area (Å²) in [7, 11) is 1.54. The first-order valence-corrected chi connectivity index (χ1v) is 8.03. The van der Waals surface area contributed by atoms with Crippen LogP contribution in [0.2, 0.25) is 0 Å². The molecule has 0 aromatic heterocycles. The maximum absolute atomic E-state index is 14.1. The molecule has 1 fully saturated rings. The summed E-state index contributed by atoms with van der Waals surface area (Å²) >= 11 is 0. The molecular weight excluding hydrogens is 328 g/mol. The minimum atomic E-state index is -0.762. The van der Waals surface area contributed by atoms with Gasteiger partial charge in [-0.3, -0.25) is 4.79 Å². The quantitative estimate of drug-likeness (QED) is 0.925. The molecule has 25 heavy (non-hydrogen) atoms. The summed E-state index contributed by atoms with van der Waals surface area (Å²) in [6, 6.07) is 9.59. The number of halogens is 2. The molecule has 2 aromatic rings. The van der Waals surface area contributed by atoms with Gasteiger partial charge in [-0.05, 0) is 42.3 Å². The van der Waals surface area contributed by atoms with Gasteiger partial charge in [-0.25, -0.2) is 8.78 Å². The number of nitrogens with zero attached hydrogens (tertiary/aromatic N) is 1. The monoisotopic (exact) mass is 347 g/mol. The number of likely N-dealkylation sites (tertiary alicyclic amines) is 1. The van der Waals surface area contributed by atoms with Crippen LogP contribution in [-0.2, 0) is 11.2 Å². The predicted molar refractivity (Wildman–Crippen MR) is 88.1 cm³/mol. The summed E-state index contributed by atoms with van der Waals surface area (Å²) in [5, 5.41) is 9.96. The van der Waals surface area contributed by atoms with Gasteiger partial charge in [0.2, 0.25) is 5.91 Å². The van der Waals surface area contributed by atoms with Crippen molar-refractivity contribution in [3.8, 4) is 5.75 Å². The lowest BCUT2D eigenvalue weighted by atomic mass is 10.0. The third-order valence-electron chi connectivity index (χ3n) is 4.41. The highest BCUT2D eigenvalue weighted by Crippen LogP contribution is 2.34. The molecule has 3 rings (SSSR count). The van der Waals surface area contributed by atoms with Crippen LogP contribution in [0.4, 0.5) is 8.78 Å². The number of β-amino-alcohol motifs (C(OH)–C–C–N with tert-alkyl or cyclic N) is 1. The Morgan fingerprint density at radius 2 is 2.08 bits per heavy atom. The average Bonchev–Trinajstić information content (AvgIpc) is 2.99. The van der Waals surface area contributed by atoms with E-state index in [4.69, 9.17) is 4.74 Å². The standard InChI is InChI=1S/C19H19F2NO3/c1-25-15-4-2-3-12(7-15)8-19(24)22-11-14(23)10-18(22)16-9-13(20)5-6-17(16)21/h2-7,9,14,18,23H,8,10-11H2,1H3/t14-,18-/m0/s1. The Morgan fingerprint density at radius 1 is 1.28 bits per heavy atom. The number of carbonyl (C=O) groups is 1. The van der Waals surface area contributed by atoms with Gasteiger partial charge in [-0.1, -0.05) is 12.1 Å². The van der Waals surface area contributed by atoms with E-state index in [0.717, 1.165) is 23.8 Å². The summed E-state index contributed by atoms with van der Waals surface area (Å²) in [5.74, 6) is -0.768. The van der Waals surface area contributed by atoms with Crippen molar-refractivity contribution in [2.24, 2.45) is 0 Å². The molecule has 1 N–H and O–H groups in total. The van der Waals surface area contributed by atoms with Crippen molar-refractivity contribution in [3.05, 3.63) is 65.2 Å². The maximum atomic E-state index is 14.1. The zero-order valence-electron chi connectivity index (χ0n) is 13.8. The number of aliphatic hydroxyl groups is 1. The Bertz CT molecular complexity index is 781. The number of carbonyl (C=O) groups excluding carboxylic acids is 1. The van der Waals surface area contributed by atoms with Gasteiger partial charge in [0.1, 0.15) is 17.4 Å². The van der Waals surface area contributed by atoms with Crippen LogP contribution < -0.4 is 4.74 Å². The molecule has 2 atom stereocenters. The van der Waals surface area contributed by atoms with E-state index in [0.29, 0.717) is 5.75 Å². The van der Waals surface area contributed by atoms with Gasteiger partial charge in [0.25, 0.3) is 0 Å². The van der Waals surface area contributed by atoms with E-state index in [1.54, 1.807) is 31.4 Å². The molecule has 1 saturated heterocycles. The first kappa shape index (κ1) is 17.4. The minimum absolute atomic E-state index is 0.0931. The highest BCUT2D eigenvalue weighted by atomic mass is 19.1. The Labute approximate surface area is 144 Å². The Kier molecular flexibility index (Phi) is 4.99. The van der Waals surface area contributed by atoms with Crippen LogP contribution in [0.25, 0.3) is 0 Å². The number of amides is 1. The molecule has 0 aliphatic carbocycles. The predicted octanol–water partition coefficient (Wildman–Crippen LogP) is 2.85. The normalized spacial score (nSPS) is 19.9. The number of aliphatic hydroxyl groups excluding tert-OH is 1. The lowest BCUT2D eigenvalue weighted by molar-refractivity contribution is -0.131. The number of benzene rings is 2. The van der Waals surface area contributed by atoms with Crippen LogP contribution in [0.15, 0.2) is 42.5 Å². The van der Waals surface area contributed by atoms with E-state index < -0.39 is 23.8 Å². The molecule has 132 valence electrons. The number of hydrogen-bond acceptors (Lipinski definition) is 3. The van der Waals surface area contributed by atoms with E-state index in [9.17, 15) is 18.7 Å². The second kappa shape index (κ2) is 7.19. The van der Waals surface area contributed by atoms with Gasteiger partial charge in [-0.15, -0.1) is 0 Å². The van der Waals surface area contributed by atoms with Gasteiger partial charge in [0.15, 0.2) is 0 Å². The minimum Gasteiger partial charge on any atom is -0.497 e. The van der Waals surface area contributed by atoms with Crippen LogP contribution in [0, 0.1) is 11.6 Å². The Balaban J connectivity index is 1.83. The maximum Gasteiger partial charge on any atom is 0.227 e. The van der Waals surface area contributed by atoms with Crippen LogP contribution in [0.3, 0.4) is 0 Å². The smallest absolute Gasteiger partial charge is 0.227 e. The molecule has 0 unspecified atom stereocenters. The average molecular weight is 347 g/mol. The second-order valence-electron chi connectivity index (χ2n) is 6.15. The van der Waals surface area contributed by atoms with E-state index in [1.807, 2.05) is 0 Å². The highest BCUT2D eigenvalue weighted by Gasteiger charge is 2.36. The van der Waals surface area contributed by atoms with E-state index in [-0.39, 0.29) is 30.9 Å². The lowest BCUT2D eigenvalue weighted by Crippen LogP contribution is -2.33. The van der Waals surface area contributed by atoms with Crippen molar-refractivity contribution < 1.29 is 23.4 Å². The third-order valence-corrected chi connectivity index (χ3v) is 4.41. The molecule has 1 aliphatic rings. The first-order valence-electron chi connectivity index (χ1n) is 8.03. The molecule has 4 nitrogen and oxygen atoms in total. The zero-order chi connectivity index (χ0) is 18.0. The van der Waals surface area contributed by atoms with Gasteiger partial charge >= 0.3 is 0 Å². The topological polar surface area (TPSA) is 49.8 Å². The first-order chi connectivity index (χ1) is 12.0. The molecule has 0 saturated carbocycles. The van der Waals surface area contributed by atoms with Gasteiger partial charge in [-0.2, -0.15) is 0 Å². The van der Waals surface area contributed by atoms with Crippen LogP contribution >= 0.6 is 0 Å². The van der Waals surface area contributed by atoms with Crippen molar-refractivity contribution in [2.45, 2.75) is 25.0 Å². The second-order valence-corrected chi connectivity index (χ2v) is 6.15. The SMILES string of the molecule is COc1cccc(CC(=O)N2C[C@@H](O)C[C@H]2c2cc(F)ccc2F)c1.